The van der Waals surface area contributed by atoms with Crippen LogP contribution in [0.1, 0.15) is 83.6 Å². The Bertz CT molecular complexity index is 1200. The van der Waals surface area contributed by atoms with Gasteiger partial charge in [-0.25, -0.2) is 4.79 Å². The van der Waals surface area contributed by atoms with Gasteiger partial charge in [0.05, 0.1) is 24.6 Å². The van der Waals surface area contributed by atoms with Crippen LogP contribution in [-0.2, 0) is 18.9 Å². The van der Waals surface area contributed by atoms with Crippen molar-refractivity contribution in [2.24, 2.45) is 22.7 Å². The van der Waals surface area contributed by atoms with Crippen molar-refractivity contribution in [3.8, 4) is 0 Å². The predicted molar refractivity (Wildman–Crippen MR) is 142 cm³/mol. The summed E-state index contributed by atoms with van der Waals surface area (Å²) >= 11 is 0. The molecule has 2 saturated heterocycles. The normalized spacial score (nSPS) is 55.1. The molecule has 4 saturated carbocycles. The average molecular weight is 561 g/mol. The van der Waals surface area contributed by atoms with E-state index in [1.54, 1.807) is 13.2 Å². The highest BCUT2D eigenvalue weighted by Crippen LogP contribution is 2.75. The molecule has 222 valence electrons. The summed E-state index contributed by atoms with van der Waals surface area (Å²) in [5, 5.41) is 33.8. The van der Waals surface area contributed by atoms with Gasteiger partial charge in [0.25, 0.3) is 0 Å². The average Bonchev–Trinajstić information content (AvgIpc) is 3.62. The van der Waals surface area contributed by atoms with Crippen molar-refractivity contribution < 1.29 is 38.7 Å². The lowest BCUT2D eigenvalue weighted by molar-refractivity contribution is -0.317. The fraction of sp³-hybridized carbons (Fsp3) is 0.839. The van der Waals surface area contributed by atoms with Crippen molar-refractivity contribution in [1.29, 1.82) is 0 Å². The van der Waals surface area contributed by atoms with E-state index in [2.05, 4.69) is 13.8 Å². The van der Waals surface area contributed by atoms with E-state index in [1.165, 1.54) is 13.2 Å². The number of ether oxygens (including phenoxy) is 4. The predicted octanol–water partition coefficient (Wildman–Crippen LogP) is 2.88. The number of aliphatic hydroxyl groups excluding tert-OH is 2. The lowest BCUT2D eigenvalue weighted by Crippen LogP contribution is -2.65. The van der Waals surface area contributed by atoms with Crippen LogP contribution in [0, 0.1) is 22.7 Å². The highest BCUT2D eigenvalue weighted by Gasteiger charge is 2.78. The summed E-state index contributed by atoms with van der Waals surface area (Å²) in [6.45, 7) is 6.33. The Hall–Kier alpha value is -1.33. The van der Waals surface area contributed by atoms with Gasteiger partial charge >= 0.3 is 5.63 Å². The van der Waals surface area contributed by atoms with Crippen LogP contribution in [0.2, 0.25) is 0 Å². The summed E-state index contributed by atoms with van der Waals surface area (Å²) in [6.07, 6.45) is 5.44. The molecule has 13 unspecified atom stereocenters. The zero-order valence-electron chi connectivity index (χ0n) is 24.0. The summed E-state index contributed by atoms with van der Waals surface area (Å²) in [5.74, 6) is 0.706. The molecule has 3 heterocycles. The molecule has 9 nitrogen and oxygen atoms in total. The largest absolute Gasteiger partial charge is 0.431 e. The minimum absolute atomic E-state index is 0.0321. The Morgan fingerprint density at radius 1 is 0.950 bits per heavy atom. The molecule has 0 radical (unpaired) electrons. The molecule has 0 aromatic carbocycles. The minimum atomic E-state index is -1.17. The van der Waals surface area contributed by atoms with Crippen molar-refractivity contribution in [3.63, 3.8) is 0 Å². The number of epoxide rings is 1. The topological polar surface area (TPSA) is 131 Å². The second kappa shape index (κ2) is 8.85. The summed E-state index contributed by atoms with van der Waals surface area (Å²) in [6, 6.07) is 3.37. The molecule has 3 N–H and O–H groups in total. The van der Waals surface area contributed by atoms with Crippen LogP contribution in [0.5, 0.6) is 0 Å². The van der Waals surface area contributed by atoms with Crippen molar-refractivity contribution in [3.05, 3.63) is 34.4 Å². The van der Waals surface area contributed by atoms with Crippen molar-refractivity contribution in [1.82, 2.24) is 0 Å². The first-order valence-electron chi connectivity index (χ1n) is 15.1. The van der Waals surface area contributed by atoms with Crippen LogP contribution in [0.25, 0.3) is 0 Å². The standard InChI is InChI=1S/C31H44O9/c1-27-11-7-19-20(30(27,35)13-8-18(27)17-5-6-23(33)37-15-17)9-14-31-25(40-31)21(10-12-28(19,31)2)39-26-24(34)29(3,36-4)22(32)16-38-26/h5-6,15,18-22,24-26,32,34-35H,7-14,16H2,1-4H3. The third kappa shape index (κ3) is 3.37. The zero-order chi connectivity index (χ0) is 28.3. The van der Waals surface area contributed by atoms with Gasteiger partial charge in [-0.3, -0.25) is 0 Å². The summed E-state index contributed by atoms with van der Waals surface area (Å²) < 4.78 is 29.4. The number of aliphatic hydroxyl groups is 3. The number of hydrogen-bond acceptors (Lipinski definition) is 9. The second-order valence-electron chi connectivity index (χ2n) is 14.2. The van der Waals surface area contributed by atoms with Gasteiger partial charge in [-0.1, -0.05) is 13.8 Å². The lowest BCUT2D eigenvalue weighted by atomic mass is 9.43. The van der Waals surface area contributed by atoms with Crippen molar-refractivity contribution >= 4 is 0 Å². The molecule has 0 bridgehead atoms. The number of hydrogen-bond donors (Lipinski definition) is 3. The van der Waals surface area contributed by atoms with Gasteiger partial charge < -0.3 is 38.7 Å². The second-order valence-corrected chi connectivity index (χ2v) is 14.2. The fourth-order valence-corrected chi connectivity index (χ4v) is 10.3. The van der Waals surface area contributed by atoms with Crippen LogP contribution < -0.4 is 5.63 Å². The van der Waals surface area contributed by atoms with Crippen LogP contribution in [0.3, 0.4) is 0 Å². The summed E-state index contributed by atoms with van der Waals surface area (Å²) in [5.41, 5.74) is -1.89. The van der Waals surface area contributed by atoms with E-state index in [9.17, 15) is 20.1 Å². The molecule has 1 spiro atoms. The molecular weight excluding hydrogens is 516 g/mol. The fourth-order valence-electron chi connectivity index (χ4n) is 10.3. The molecule has 6 fully saturated rings. The van der Waals surface area contributed by atoms with Crippen LogP contribution in [-0.4, -0.2) is 76.5 Å². The van der Waals surface area contributed by atoms with E-state index in [4.69, 9.17) is 23.4 Å². The van der Waals surface area contributed by atoms with Gasteiger partial charge in [0.2, 0.25) is 0 Å². The summed E-state index contributed by atoms with van der Waals surface area (Å²) in [4.78, 5) is 11.6. The van der Waals surface area contributed by atoms with E-state index >= 15 is 0 Å². The molecule has 1 aromatic heterocycles. The molecule has 13 atom stereocenters. The van der Waals surface area contributed by atoms with Gasteiger partial charge in [-0.15, -0.1) is 0 Å². The van der Waals surface area contributed by atoms with Gasteiger partial charge in [0.1, 0.15) is 29.5 Å². The van der Waals surface area contributed by atoms with Crippen molar-refractivity contribution in [2.75, 3.05) is 13.7 Å². The Morgan fingerprint density at radius 2 is 1.70 bits per heavy atom. The maximum absolute atomic E-state index is 12.5. The third-order valence-electron chi connectivity index (χ3n) is 13.1. The maximum atomic E-state index is 12.5. The highest BCUT2D eigenvalue weighted by atomic mass is 16.7. The number of rotatable bonds is 4. The quantitative estimate of drug-likeness (QED) is 0.376. The molecule has 2 aliphatic heterocycles. The van der Waals surface area contributed by atoms with Gasteiger partial charge in [0, 0.05) is 24.0 Å². The monoisotopic (exact) mass is 560 g/mol. The molecule has 9 heteroatoms. The summed E-state index contributed by atoms with van der Waals surface area (Å²) in [7, 11) is 1.48. The van der Waals surface area contributed by atoms with Crippen LogP contribution in [0.4, 0.5) is 0 Å². The van der Waals surface area contributed by atoms with E-state index in [1.807, 2.05) is 6.07 Å². The maximum Gasteiger partial charge on any atom is 0.335 e. The van der Waals surface area contributed by atoms with E-state index in [-0.39, 0.29) is 52.7 Å². The van der Waals surface area contributed by atoms with Gasteiger partial charge in [-0.2, -0.15) is 0 Å². The van der Waals surface area contributed by atoms with Crippen molar-refractivity contribution in [2.45, 2.75) is 126 Å². The van der Waals surface area contributed by atoms with E-state index in [0.717, 1.165) is 56.9 Å². The van der Waals surface area contributed by atoms with Gasteiger partial charge in [-0.05, 0) is 87.7 Å². The van der Waals surface area contributed by atoms with Gasteiger partial charge in [0.15, 0.2) is 6.29 Å². The highest BCUT2D eigenvalue weighted by molar-refractivity contribution is 5.30. The minimum Gasteiger partial charge on any atom is -0.431 e. The third-order valence-corrected chi connectivity index (χ3v) is 13.1. The Kier molecular flexibility index (Phi) is 6.08. The molecule has 7 rings (SSSR count). The first-order valence-corrected chi connectivity index (χ1v) is 15.1. The Labute approximate surface area is 235 Å². The molecule has 6 aliphatic rings. The number of methoxy groups -OCH3 is 1. The molecule has 0 amide bonds. The van der Waals surface area contributed by atoms with E-state index < -0.39 is 29.7 Å². The first kappa shape index (κ1) is 27.5. The SMILES string of the molecule is COC1(C)C(O)COC(OC2CCC3(C)C4CCC5(C)C(c6ccc(=O)oc6)CCC5(O)C4CCC34OC24)C1O. The Morgan fingerprint density at radius 3 is 2.42 bits per heavy atom. The number of fused-ring (bicyclic) bond motifs is 4. The molecule has 4 aliphatic carbocycles. The van der Waals surface area contributed by atoms with Crippen LogP contribution in [0.15, 0.2) is 27.6 Å². The molecule has 40 heavy (non-hydrogen) atoms. The molecular formula is C31H44O9. The smallest absolute Gasteiger partial charge is 0.335 e. The first-order chi connectivity index (χ1) is 18.9. The van der Waals surface area contributed by atoms with Crippen LogP contribution >= 0.6 is 0 Å². The van der Waals surface area contributed by atoms with E-state index in [0.29, 0.717) is 5.92 Å². The lowest BCUT2D eigenvalue weighted by Gasteiger charge is -2.63. The molecule has 1 aromatic rings. The zero-order valence-corrected chi connectivity index (χ0v) is 24.0. The Balaban J connectivity index is 1.10.